The molecule has 0 saturated carbocycles. The van der Waals surface area contributed by atoms with Crippen LogP contribution in [0.15, 0.2) is 42.7 Å². The minimum atomic E-state index is 0.332. The van der Waals surface area contributed by atoms with E-state index in [9.17, 15) is 0 Å². The first-order chi connectivity index (χ1) is 9.20. The molecule has 0 fully saturated rings. The first-order valence-corrected chi connectivity index (χ1v) is 7.67. The van der Waals surface area contributed by atoms with E-state index in [1.165, 1.54) is 20.3 Å². The van der Waals surface area contributed by atoms with Crippen molar-refractivity contribution in [1.29, 1.82) is 0 Å². The molecule has 1 N–H and O–H groups in total. The summed E-state index contributed by atoms with van der Waals surface area (Å²) < 4.78 is 1.28. The lowest BCUT2D eigenvalue weighted by Gasteiger charge is -2.20. The van der Waals surface area contributed by atoms with Gasteiger partial charge < -0.3 is 5.32 Å². The van der Waals surface area contributed by atoms with Crippen LogP contribution < -0.4 is 5.32 Å². The Morgan fingerprint density at radius 3 is 2.58 bits per heavy atom. The average Bonchev–Trinajstić information content (AvgIpc) is 2.41. The molecule has 0 spiro atoms. The molecule has 0 aliphatic rings. The van der Waals surface area contributed by atoms with Crippen LogP contribution in [-0.4, -0.2) is 11.5 Å². The maximum Gasteiger partial charge on any atom is 0.0378 e. The highest BCUT2D eigenvalue weighted by atomic mass is 127. The highest BCUT2D eigenvalue weighted by molar-refractivity contribution is 14.1. The van der Waals surface area contributed by atoms with Crippen LogP contribution in [-0.2, 0) is 6.42 Å². The second kappa shape index (κ2) is 7.01. The zero-order valence-corrected chi connectivity index (χ0v) is 13.5. The molecule has 0 radical (unpaired) electrons. The van der Waals surface area contributed by atoms with Gasteiger partial charge in [-0.05, 0) is 77.4 Å². The highest BCUT2D eigenvalue weighted by Gasteiger charge is 2.13. The lowest BCUT2D eigenvalue weighted by molar-refractivity contribution is 0.545. The summed E-state index contributed by atoms with van der Waals surface area (Å²) in [6, 6.07) is 11.1. The number of pyridine rings is 1. The predicted molar refractivity (Wildman–Crippen MR) is 88.3 cm³/mol. The van der Waals surface area contributed by atoms with Crippen LogP contribution in [0, 0.1) is 10.5 Å². The van der Waals surface area contributed by atoms with Crippen LogP contribution in [0.4, 0.5) is 0 Å². The van der Waals surface area contributed by atoms with E-state index >= 15 is 0 Å². The van der Waals surface area contributed by atoms with Crippen LogP contribution in [0.25, 0.3) is 0 Å². The monoisotopic (exact) mass is 366 g/mol. The third kappa shape index (κ3) is 4.01. The second-order valence-electron chi connectivity index (χ2n) is 4.67. The van der Waals surface area contributed by atoms with E-state index in [1.54, 1.807) is 0 Å². The van der Waals surface area contributed by atoms with Crippen molar-refractivity contribution in [2.45, 2.75) is 26.3 Å². The van der Waals surface area contributed by atoms with Crippen LogP contribution in [0.2, 0.25) is 0 Å². The molecular formula is C16H19IN2. The van der Waals surface area contributed by atoms with E-state index in [0.29, 0.717) is 6.04 Å². The van der Waals surface area contributed by atoms with Crippen molar-refractivity contribution < 1.29 is 0 Å². The largest absolute Gasteiger partial charge is 0.310 e. The third-order valence-electron chi connectivity index (χ3n) is 3.26. The molecule has 0 bridgehead atoms. The summed E-state index contributed by atoms with van der Waals surface area (Å²) in [6.45, 7) is 5.26. The number of hydrogen-bond acceptors (Lipinski definition) is 2. The van der Waals surface area contributed by atoms with Crippen LogP contribution in [0.5, 0.6) is 0 Å². The molecule has 0 aliphatic carbocycles. The van der Waals surface area contributed by atoms with Gasteiger partial charge in [0, 0.05) is 22.0 Å². The molecule has 1 aromatic heterocycles. The van der Waals surface area contributed by atoms with Gasteiger partial charge in [-0.25, -0.2) is 0 Å². The van der Waals surface area contributed by atoms with Crippen molar-refractivity contribution >= 4 is 22.6 Å². The lowest BCUT2D eigenvalue weighted by Crippen LogP contribution is -2.23. The Hall–Kier alpha value is -0.940. The number of benzene rings is 1. The van der Waals surface area contributed by atoms with E-state index in [1.807, 2.05) is 12.4 Å². The van der Waals surface area contributed by atoms with E-state index < -0.39 is 0 Å². The van der Waals surface area contributed by atoms with Crippen LogP contribution in [0.3, 0.4) is 0 Å². The Kier molecular flexibility index (Phi) is 5.34. The normalized spacial score (nSPS) is 12.4. The fourth-order valence-corrected chi connectivity index (χ4v) is 2.60. The summed E-state index contributed by atoms with van der Waals surface area (Å²) in [5.74, 6) is 0. The first-order valence-electron chi connectivity index (χ1n) is 6.59. The number of halogens is 1. The predicted octanol–water partition coefficient (Wildman–Crippen LogP) is 3.89. The highest BCUT2D eigenvalue weighted by Crippen LogP contribution is 2.21. The number of rotatable bonds is 5. The van der Waals surface area contributed by atoms with Crippen LogP contribution in [0.1, 0.15) is 29.7 Å². The fraction of sp³-hybridized carbons (Fsp3) is 0.312. The van der Waals surface area contributed by atoms with Gasteiger partial charge in [0.05, 0.1) is 0 Å². The molecule has 1 atom stereocenters. The van der Waals surface area contributed by atoms with Crippen molar-refractivity contribution in [3.63, 3.8) is 0 Å². The van der Waals surface area contributed by atoms with Crippen molar-refractivity contribution in [2.24, 2.45) is 0 Å². The van der Waals surface area contributed by atoms with Gasteiger partial charge in [0.1, 0.15) is 0 Å². The molecule has 2 nitrogen and oxygen atoms in total. The lowest BCUT2D eigenvalue weighted by atomic mass is 9.97. The van der Waals surface area contributed by atoms with Crippen LogP contribution >= 0.6 is 22.6 Å². The Morgan fingerprint density at radius 1 is 1.21 bits per heavy atom. The molecule has 1 unspecified atom stereocenters. The molecule has 2 aromatic rings. The zero-order chi connectivity index (χ0) is 13.7. The molecule has 0 amide bonds. The first kappa shape index (κ1) is 14.5. The fourth-order valence-electron chi connectivity index (χ4n) is 2.24. The number of aromatic nitrogens is 1. The van der Waals surface area contributed by atoms with Crippen molar-refractivity contribution in [1.82, 2.24) is 10.3 Å². The molecule has 0 saturated heterocycles. The number of nitrogens with zero attached hydrogens (tertiary/aromatic N) is 1. The number of nitrogens with one attached hydrogen (secondary N) is 1. The van der Waals surface area contributed by atoms with Gasteiger partial charge in [-0.2, -0.15) is 0 Å². The minimum absolute atomic E-state index is 0.332. The van der Waals surface area contributed by atoms with E-state index in [0.717, 1.165) is 13.0 Å². The van der Waals surface area contributed by atoms with E-state index in [-0.39, 0.29) is 0 Å². The average molecular weight is 366 g/mol. The van der Waals surface area contributed by atoms with Gasteiger partial charge in [-0.3, -0.25) is 4.98 Å². The molecule has 0 aliphatic heterocycles. The standard InChI is InChI=1S/C16H19IN2/c1-3-19-16(15-11-18-9-8-12(15)2)10-13-4-6-14(17)7-5-13/h4-9,11,16,19H,3,10H2,1-2H3. The van der Waals surface area contributed by atoms with Crippen molar-refractivity contribution in [3.05, 3.63) is 63.0 Å². The quantitative estimate of drug-likeness (QED) is 0.813. The third-order valence-corrected chi connectivity index (χ3v) is 3.98. The molecule has 2 rings (SSSR count). The smallest absolute Gasteiger partial charge is 0.0378 e. The maximum atomic E-state index is 4.26. The summed E-state index contributed by atoms with van der Waals surface area (Å²) in [7, 11) is 0. The maximum absolute atomic E-state index is 4.26. The molecule has 19 heavy (non-hydrogen) atoms. The number of hydrogen-bond donors (Lipinski definition) is 1. The summed E-state index contributed by atoms with van der Waals surface area (Å²) in [5, 5.41) is 3.56. The van der Waals surface area contributed by atoms with E-state index in [4.69, 9.17) is 0 Å². The number of likely N-dealkylation sites (N-methyl/N-ethyl adjacent to an activating group) is 1. The van der Waals surface area contributed by atoms with Crippen molar-refractivity contribution in [2.75, 3.05) is 6.54 Å². The Bertz CT molecular complexity index is 523. The molecule has 3 heteroatoms. The Morgan fingerprint density at radius 2 is 1.95 bits per heavy atom. The molecular weight excluding hydrogens is 347 g/mol. The summed E-state index contributed by atoms with van der Waals surface area (Å²) in [6.07, 6.45) is 4.83. The molecule has 1 aromatic carbocycles. The van der Waals surface area contributed by atoms with E-state index in [2.05, 4.69) is 77.1 Å². The van der Waals surface area contributed by atoms with Gasteiger partial charge in [0.25, 0.3) is 0 Å². The molecule has 100 valence electrons. The van der Waals surface area contributed by atoms with Gasteiger partial charge in [0.2, 0.25) is 0 Å². The second-order valence-corrected chi connectivity index (χ2v) is 5.92. The van der Waals surface area contributed by atoms with Gasteiger partial charge in [-0.1, -0.05) is 19.1 Å². The summed E-state index contributed by atoms with van der Waals surface area (Å²) in [4.78, 5) is 4.26. The number of aryl methyl sites for hydroxylation is 1. The Labute approximate surface area is 128 Å². The topological polar surface area (TPSA) is 24.9 Å². The van der Waals surface area contributed by atoms with Crippen molar-refractivity contribution in [3.8, 4) is 0 Å². The SMILES string of the molecule is CCNC(Cc1ccc(I)cc1)c1cnccc1C. The summed E-state index contributed by atoms with van der Waals surface area (Å²) >= 11 is 2.34. The minimum Gasteiger partial charge on any atom is -0.310 e. The van der Waals surface area contributed by atoms with Gasteiger partial charge >= 0.3 is 0 Å². The molecule has 1 heterocycles. The zero-order valence-electron chi connectivity index (χ0n) is 11.4. The Balaban J connectivity index is 2.21. The van der Waals surface area contributed by atoms with Gasteiger partial charge in [0.15, 0.2) is 0 Å². The van der Waals surface area contributed by atoms with Gasteiger partial charge in [-0.15, -0.1) is 0 Å². The summed E-state index contributed by atoms with van der Waals surface area (Å²) in [5.41, 5.74) is 3.95.